The van der Waals surface area contributed by atoms with E-state index in [2.05, 4.69) is 21.7 Å². The van der Waals surface area contributed by atoms with Crippen LogP contribution in [0.1, 0.15) is 10.5 Å². The standard InChI is InChI=1S/C18H24N6O6S.C2HF3O2/c1-20-4-7-22(8-5-20)12-10-13(24-9-6-21(2)31(24,28)29)16-19-14(18(27)30-3)15(25)17(26)23(16)11-12;3-2(4,5)1(6)7/h10-11,25H,4-9H2,1-3H3;(H,6,7). The minimum atomic E-state index is -5.19. The van der Waals surface area contributed by atoms with Crippen molar-refractivity contribution < 1.29 is 51.0 Å². The predicted octanol–water partition coefficient (Wildman–Crippen LogP) is -3.18. The number of piperazine rings is 1. The Bertz CT molecular complexity index is 1410. The summed E-state index contributed by atoms with van der Waals surface area (Å²) in [7, 11) is 0.846. The molecule has 2 aromatic rings. The van der Waals surface area contributed by atoms with E-state index in [1.54, 1.807) is 6.07 Å². The van der Waals surface area contributed by atoms with Crippen molar-refractivity contribution in [3.8, 4) is 5.75 Å². The van der Waals surface area contributed by atoms with Crippen LogP contribution >= 0.6 is 0 Å². The van der Waals surface area contributed by atoms with Crippen molar-refractivity contribution in [1.82, 2.24) is 13.7 Å². The highest BCUT2D eigenvalue weighted by atomic mass is 32.2. The Morgan fingerprint density at radius 3 is 2.24 bits per heavy atom. The van der Waals surface area contributed by atoms with E-state index < -0.39 is 45.3 Å². The van der Waals surface area contributed by atoms with E-state index in [1.165, 1.54) is 22.4 Å². The van der Waals surface area contributed by atoms with E-state index in [9.17, 15) is 36.3 Å². The summed E-state index contributed by atoms with van der Waals surface area (Å²) in [5, 5.41) is 19.1. The molecule has 18 heteroatoms. The average Bonchev–Trinajstić information content (AvgIpc) is 3.12. The maximum Gasteiger partial charge on any atom is 0.430 e. The molecule has 0 bridgehead atoms. The number of carbonyl (C=O) groups excluding carboxylic acids is 2. The molecular weight excluding hydrogens is 541 g/mol. The summed E-state index contributed by atoms with van der Waals surface area (Å²) in [6.45, 7) is 3.64. The highest BCUT2D eigenvalue weighted by molar-refractivity contribution is 7.90. The van der Waals surface area contributed by atoms with Crippen LogP contribution in [0.15, 0.2) is 17.1 Å². The molecule has 2 aromatic heterocycles. The van der Waals surface area contributed by atoms with E-state index in [4.69, 9.17) is 9.90 Å². The fraction of sp³-hybridized carbons (Fsp3) is 0.500. The summed E-state index contributed by atoms with van der Waals surface area (Å²) in [6, 6.07) is 1.66. The number of fused-ring (bicyclic) bond motifs is 1. The van der Waals surface area contributed by atoms with Crippen LogP contribution in [-0.4, -0.2) is 106 Å². The molecule has 0 radical (unpaired) electrons. The largest absolute Gasteiger partial charge is 0.542 e. The lowest BCUT2D eigenvalue weighted by Gasteiger charge is -2.32. The molecule has 2 N–H and O–H groups in total. The van der Waals surface area contributed by atoms with E-state index in [-0.39, 0.29) is 24.4 Å². The Kier molecular flexibility index (Phi) is 8.08. The van der Waals surface area contributed by atoms with Gasteiger partial charge in [0, 0.05) is 26.3 Å². The number of aromatic nitrogens is 2. The molecular formula is C20H25F3N6O8S. The number of pyridine rings is 1. The van der Waals surface area contributed by atoms with Crippen molar-refractivity contribution in [3.05, 3.63) is 28.3 Å². The molecule has 14 nitrogen and oxygen atoms in total. The normalized spacial score (nSPS) is 18.3. The Labute approximate surface area is 214 Å². The van der Waals surface area contributed by atoms with Crippen molar-refractivity contribution in [2.45, 2.75) is 6.18 Å². The molecule has 0 aliphatic carbocycles. The number of hydrogen-bond acceptors (Lipinski definition) is 10. The summed E-state index contributed by atoms with van der Waals surface area (Å²) in [5.74, 6) is -4.85. The van der Waals surface area contributed by atoms with Gasteiger partial charge in [0.15, 0.2) is 11.3 Å². The number of aromatic hydroxyl groups is 1. The lowest BCUT2D eigenvalue weighted by Crippen LogP contribution is -3.12. The van der Waals surface area contributed by atoms with Gasteiger partial charge < -0.3 is 29.5 Å². The van der Waals surface area contributed by atoms with Crippen LogP contribution < -0.4 is 24.8 Å². The molecule has 0 atom stereocenters. The van der Waals surface area contributed by atoms with Crippen LogP contribution in [0.3, 0.4) is 0 Å². The third-order valence-electron chi connectivity index (χ3n) is 6.02. The second kappa shape index (κ2) is 10.6. The number of ether oxygens (including phenoxy) is 1. The number of methoxy groups -OCH3 is 1. The zero-order valence-corrected chi connectivity index (χ0v) is 21.3. The Balaban J connectivity index is 0.000000505. The van der Waals surface area contributed by atoms with E-state index in [0.717, 1.165) is 42.0 Å². The number of hydrogen-bond donors (Lipinski definition) is 2. The first-order valence-corrected chi connectivity index (χ1v) is 12.4. The molecule has 2 aliphatic heterocycles. The number of rotatable bonds is 3. The van der Waals surface area contributed by atoms with Crippen LogP contribution in [0.4, 0.5) is 24.5 Å². The summed E-state index contributed by atoms with van der Waals surface area (Å²) in [4.78, 5) is 41.3. The van der Waals surface area contributed by atoms with Gasteiger partial charge in [0.25, 0.3) is 0 Å². The lowest BCUT2D eigenvalue weighted by atomic mass is 10.2. The van der Waals surface area contributed by atoms with Crippen molar-refractivity contribution in [3.63, 3.8) is 0 Å². The molecule has 210 valence electrons. The van der Waals surface area contributed by atoms with Gasteiger partial charge in [-0.25, -0.2) is 9.78 Å². The van der Waals surface area contributed by atoms with Gasteiger partial charge in [0.05, 0.1) is 51.7 Å². The summed E-state index contributed by atoms with van der Waals surface area (Å²) in [5.41, 5.74) is -0.692. The van der Waals surface area contributed by atoms with E-state index >= 15 is 0 Å². The number of esters is 1. The molecule has 0 spiro atoms. The van der Waals surface area contributed by atoms with Crippen LogP contribution in [0.5, 0.6) is 5.75 Å². The first-order valence-electron chi connectivity index (χ1n) is 11.1. The summed E-state index contributed by atoms with van der Waals surface area (Å²) >= 11 is 0. The Morgan fingerprint density at radius 2 is 1.76 bits per heavy atom. The number of nitrogens with one attached hydrogen (secondary N) is 1. The molecule has 0 amide bonds. The zero-order chi connectivity index (χ0) is 28.6. The third kappa shape index (κ3) is 5.60. The Hall–Kier alpha value is -3.64. The fourth-order valence-electron chi connectivity index (χ4n) is 3.82. The minimum absolute atomic E-state index is 0.0504. The number of carboxylic acid groups (broad SMARTS) is 1. The number of nitrogens with zero attached hydrogens (tertiary/aromatic N) is 5. The SMILES string of the molecule is COC(=O)c1nc2c(N3CCN(C)S3(=O)=O)cc(N3CC[NH+](C)CC3)cn2c(=O)c1O.O=C([O-])C(F)(F)F. The molecule has 2 saturated heterocycles. The topological polar surface area (TPSA) is 169 Å². The van der Waals surface area contributed by atoms with Crippen LogP contribution in [0, 0.1) is 0 Å². The number of anilines is 2. The number of carboxylic acids is 1. The second-order valence-electron chi connectivity index (χ2n) is 8.51. The maximum absolute atomic E-state index is 12.9. The smallest absolute Gasteiger partial charge is 0.430 e. The van der Waals surface area contributed by atoms with E-state index in [0.29, 0.717) is 5.69 Å². The van der Waals surface area contributed by atoms with Gasteiger partial charge in [-0.3, -0.25) is 13.5 Å². The molecule has 4 rings (SSSR count). The number of aliphatic carboxylic acids is 1. The van der Waals surface area contributed by atoms with Crippen LogP contribution in [0.25, 0.3) is 5.65 Å². The molecule has 2 fully saturated rings. The number of halogens is 3. The molecule has 4 heterocycles. The molecule has 0 saturated carbocycles. The quantitative estimate of drug-likeness (QED) is 0.361. The monoisotopic (exact) mass is 566 g/mol. The third-order valence-corrected chi connectivity index (χ3v) is 7.92. The van der Waals surface area contributed by atoms with Gasteiger partial charge in [0.2, 0.25) is 5.75 Å². The Morgan fingerprint density at radius 1 is 1.18 bits per heavy atom. The van der Waals surface area contributed by atoms with Gasteiger partial charge in [-0.15, -0.1) is 0 Å². The second-order valence-corrected chi connectivity index (χ2v) is 10.5. The molecule has 0 unspecified atom stereocenters. The number of alkyl halides is 3. The first-order chi connectivity index (χ1) is 17.6. The highest BCUT2D eigenvalue weighted by Crippen LogP contribution is 2.32. The molecule has 2 aliphatic rings. The van der Waals surface area contributed by atoms with Gasteiger partial charge in [-0.2, -0.15) is 25.9 Å². The van der Waals surface area contributed by atoms with Crippen LogP contribution in [0.2, 0.25) is 0 Å². The molecule has 38 heavy (non-hydrogen) atoms. The first kappa shape index (κ1) is 28.9. The van der Waals surface area contributed by atoms with E-state index in [1.807, 2.05) is 0 Å². The van der Waals surface area contributed by atoms with Crippen molar-refractivity contribution in [2.24, 2.45) is 0 Å². The number of quaternary nitrogens is 1. The van der Waals surface area contributed by atoms with Gasteiger partial charge >= 0.3 is 27.9 Å². The van der Waals surface area contributed by atoms with Crippen LogP contribution in [-0.2, 0) is 19.7 Å². The number of carbonyl (C=O) groups is 2. The fourth-order valence-corrected chi connectivity index (χ4v) is 5.16. The van der Waals surface area contributed by atoms with Gasteiger partial charge in [-0.1, -0.05) is 0 Å². The summed E-state index contributed by atoms with van der Waals surface area (Å²) < 4.78 is 65.4. The lowest BCUT2D eigenvalue weighted by molar-refractivity contribution is -0.880. The van der Waals surface area contributed by atoms with Gasteiger partial charge in [-0.05, 0) is 6.07 Å². The molecule has 0 aromatic carbocycles. The van der Waals surface area contributed by atoms with Gasteiger partial charge in [0.1, 0.15) is 5.97 Å². The summed E-state index contributed by atoms with van der Waals surface area (Å²) in [6.07, 6.45) is -3.68. The highest BCUT2D eigenvalue weighted by Gasteiger charge is 2.37. The maximum atomic E-state index is 12.9. The van der Waals surface area contributed by atoms with Crippen molar-refractivity contribution in [1.29, 1.82) is 0 Å². The minimum Gasteiger partial charge on any atom is -0.542 e. The van der Waals surface area contributed by atoms with Crippen molar-refractivity contribution in [2.75, 3.05) is 69.7 Å². The zero-order valence-electron chi connectivity index (χ0n) is 20.5. The predicted molar refractivity (Wildman–Crippen MR) is 123 cm³/mol. The average molecular weight is 567 g/mol. The van der Waals surface area contributed by atoms with Crippen molar-refractivity contribution >= 4 is 39.2 Å². The number of likely N-dealkylation sites (N-methyl/N-ethyl adjacent to an activating group) is 2.